The first kappa shape index (κ1) is 17.6. The molecule has 26 heavy (non-hydrogen) atoms. The van der Waals surface area contributed by atoms with Crippen LogP contribution in [-0.4, -0.2) is 26.1 Å². The number of rotatable bonds is 4. The SMILES string of the molecule is O=C1S/C(=C/c2ccc(O)c([N+](=O)[O-])c2)C(=O)N1Cc1ccc(F)cc1. The number of phenolic OH excluding ortho intramolecular Hbond substituents is 1. The zero-order valence-electron chi connectivity index (χ0n) is 13.1. The maximum absolute atomic E-state index is 12.9. The fraction of sp³-hybridized carbons (Fsp3) is 0.0588. The van der Waals surface area contributed by atoms with Crippen LogP contribution in [0.15, 0.2) is 47.4 Å². The predicted molar refractivity (Wildman–Crippen MR) is 92.7 cm³/mol. The van der Waals surface area contributed by atoms with E-state index < -0.39 is 33.3 Å². The third-order valence-corrected chi connectivity index (χ3v) is 4.53. The molecule has 0 aromatic heterocycles. The molecule has 2 aromatic carbocycles. The van der Waals surface area contributed by atoms with Crippen molar-refractivity contribution >= 4 is 34.7 Å². The lowest BCUT2D eigenvalue weighted by molar-refractivity contribution is -0.385. The molecule has 2 amide bonds. The lowest BCUT2D eigenvalue weighted by Crippen LogP contribution is -2.27. The molecule has 9 heteroatoms. The number of thioether (sulfide) groups is 1. The summed E-state index contributed by atoms with van der Waals surface area (Å²) in [6.07, 6.45) is 1.35. The molecule has 1 fully saturated rings. The molecule has 1 aliphatic heterocycles. The van der Waals surface area contributed by atoms with Crippen molar-refractivity contribution in [1.82, 2.24) is 4.90 Å². The first-order valence-corrected chi connectivity index (χ1v) is 8.14. The third-order valence-electron chi connectivity index (χ3n) is 3.62. The summed E-state index contributed by atoms with van der Waals surface area (Å²) < 4.78 is 12.9. The Hall–Kier alpha value is -3.20. The van der Waals surface area contributed by atoms with Gasteiger partial charge in [-0.2, -0.15) is 0 Å². The van der Waals surface area contributed by atoms with Gasteiger partial charge in [-0.3, -0.25) is 24.6 Å². The number of aromatic hydroxyl groups is 1. The van der Waals surface area contributed by atoms with Crippen molar-refractivity contribution in [2.75, 3.05) is 0 Å². The Morgan fingerprint density at radius 1 is 1.19 bits per heavy atom. The summed E-state index contributed by atoms with van der Waals surface area (Å²) in [6, 6.07) is 9.09. The van der Waals surface area contributed by atoms with E-state index in [0.717, 1.165) is 17.0 Å². The molecule has 0 bridgehead atoms. The van der Waals surface area contributed by atoms with E-state index in [-0.39, 0.29) is 11.4 Å². The minimum absolute atomic E-state index is 0.00197. The molecule has 0 spiro atoms. The molecule has 1 aliphatic rings. The average Bonchev–Trinajstić information content (AvgIpc) is 2.85. The van der Waals surface area contributed by atoms with E-state index in [1.54, 1.807) is 0 Å². The molecule has 0 radical (unpaired) electrons. The monoisotopic (exact) mass is 374 g/mol. The Balaban J connectivity index is 1.84. The number of nitro benzene ring substituents is 1. The van der Waals surface area contributed by atoms with Crippen LogP contribution in [0.3, 0.4) is 0 Å². The van der Waals surface area contributed by atoms with Crippen LogP contribution < -0.4 is 0 Å². The molecule has 1 saturated heterocycles. The number of hydrogen-bond acceptors (Lipinski definition) is 6. The minimum atomic E-state index is -0.743. The van der Waals surface area contributed by atoms with Gasteiger partial charge >= 0.3 is 5.69 Å². The first-order chi connectivity index (χ1) is 12.3. The number of amides is 2. The zero-order chi connectivity index (χ0) is 18.8. The summed E-state index contributed by atoms with van der Waals surface area (Å²) in [5, 5.41) is 19.8. The van der Waals surface area contributed by atoms with Gasteiger partial charge in [0.25, 0.3) is 11.1 Å². The van der Waals surface area contributed by atoms with Gasteiger partial charge in [-0.25, -0.2) is 4.39 Å². The number of nitro groups is 1. The number of benzene rings is 2. The first-order valence-electron chi connectivity index (χ1n) is 7.32. The van der Waals surface area contributed by atoms with E-state index in [1.807, 2.05) is 0 Å². The Morgan fingerprint density at radius 2 is 1.88 bits per heavy atom. The normalized spacial score (nSPS) is 15.7. The molecule has 3 rings (SSSR count). The summed E-state index contributed by atoms with van der Waals surface area (Å²) in [7, 11) is 0. The smallest absolute Gasteiger partial charge is 0.311 e. The maximum Gasteiger partial charge on any atom is 0.311 e. The maximum atomic E-state index is 12.9. The lowest BCUT2D eigenvalue weighted by atomic mass is 10.1. The quantitative estimate of drug-likeness (QED) is 0.498. The minimum Gasteiger partial charge on any atom is -0.502 e. The number of carbonyl (C=O) groups is 2. The Bertz CT molecular complexity index is 943. The molecule has 0 saturated carbocycles. The van der Waals surface area contributed by atoms with Crippen LogP contribution in [0, 0.1) is 15.9 Å². The summed E-state index contributed by atoms with van der Waals surface area (Å²) in [5.74, 6) is -1.45. The highest BCUT2D eigenvalue weighted by molar-refractivity contribution is 8.18. The summed E-state index contributed by atoms with van der Waals surface area (Å²) in [6.45, 7) is -0.00197. The van der Waals surface area contributed by atoms with E-state index in [0.29, 0.717) is 22.9 Å². The fourth-order valence-electron chi connectivity index (χ4n) is 2.34. The number of imide groups is 1. The van der Waals surface area contributed by atoms with Gasteiger partial charge in [0, 0.05) is 6.07 Å². The number of halogens is 1. The molecule has 0 atom stereocenters. The standard InChI is InChI=1S/C17H11FN2O5S/c18-12-4-1-10(2-5-12)9-19-16(22)15(26-17(19)23)8-11-3-6-14(21)13(7-11)20(24)25/h1-8,21H,9H2/b15-8+. The van der Waals surface area contributed by atoms with Crippen molar-refractivity contribution in [1.29, 1.82) is 0 Å². The van der Waals surface area contributed by atoms with Gasteiger partial charge in [-0.1, -0.05) is 18.2 Å². The highest BCUT2D eigenvalue weighted by Gasteiger charge is 2.35. The van der Waals surface area contributed by atoms with Gasteiger partial charge in [0.15, 0.2) is 5.75 Å². The van der Waals surface area contributed by atoms with E-state index in [9.17, 15) is 29.2 Å². The molecule has 2 aromatic rings. The molecule has 1 heterocycles. The summed E-state index contributed by atoms with van der Waals surface area (Å²) in [4.78, 5) is 35.8. The zero-order valence-corrected chi connectivity index (χ0v) is 13.9. The number of carbonyl (C=O) groups excluding carboxylic acids is 2. The molecule has 0 unspecified atom stereocenters. The highest BCUT2D eigenvalue weighted by atomic mass is 32.2. The van der Waals surface area contributed by atoms with Crippen molar-refractivity contribution in [3.05, 3.63) is 74.4 Å². The largest absolute Gasteiger partial charge is 0.502 e. The topological polar surface area (TPSA) is 101 Å². The predicted octanol–water partition coefficient (Wildman–Crippen LogP) is 3.68. The van der Waals surface area contributed by atoms with Crippen LogP contribution in [0.1, 0.15) is 11.1 Å². The summed E-state index contributed by atoms with van der Waals surface area (Å²) >= 11 is 0.710. The van der Waals surface area contributed by atoms with Crippen molar-refractivity contribution < 1.29 is 24.0 Å². The van der Waals surface area contributed by atoms with E-state index in [4.69, 9.17) is 0 Å². The van der Waals surface area contributed by atoms with Crippen LogP contribution in [0.2, 0.25) is 0 Å². The fourth-order valence-corrected chi connectivity index (χ4v) is 3.17. The van der Waals surface area contributed by atoms with Crippen molar-refractivity contribution in [2.24, 2.45) is 0 Å². The lowest BCUT2D eigenvalue weighted by Gasteiger charge is -2.12. The second-order valence-corrected chi connectivity index (χ2v) is 6.39. The molecular formula is C17H11FN2O5S. The summed E-state index contributed by atoms with van der Waals surface area (Å²) in [5.41, 5.74) is 0.404. The van der Waals surface area contributed by atoms with Crippen LogP contribution in [0.4, 0.5) is 14.9 Å². The Morgan fingerprint density at radius 3 is 2.54 bits per heavy atom. The Labute approximate surface area is 150 Å². The highest BCUT2D eigenvalue weighted by Crippen LogP contribution is 2.34. The van der Waals surface area contributed by atoms with Gasteiger partial charge in [0.05, 0.1) is 16.4 Å². The third kappa shape index (κ3) is 3.57. The van der Waals surface area contributed by atoms with E-state index in [1.165, 1.54) is 36.4 Å². The van der Waals surface area contributed by atoms with Gasteiger partial charge in [-0.05, 0) is 47.2 Å². The Kier molecular flexibility index (Phi) is 4.72. The molecular weight excluding hydrogens is 363 g/mol. The molecule has 0 aliphatic carbocycles. The van der Waals surface area contributed by atoms with Gasteiger partial charge in [0.2, 0.25) is 0 Å². The van der Waals surface area contributed by atoms with Crippen molar-refractivity contribution in [3.8, 4) is 5.75 Å². The van der Waals surface area contributed by atoms with Gasteiger partial charge < -0.3 is 5.11 Å². The van der Waals surface area contributed by atoms with Crippen LogP contribution in [-0.2, 0) is 11.3 Å². The number of nitrogens with zero attached hydrogens (tertiary/aromatic N) is 2. The number of phenols is 1. The molecule has 7 nitrogen and oxygen atoms in total. The van der Waals surface area contributed by atoms with Crippen molar-refractivity contribution in [3.63, 3.8) is 0 Å². The second-order valence-electron chi connectivity index (χ2n) is 5.40. The van der Waals surface area contributed by atoms with E-state index >= 15 is 0 Å². The van der Waals surface area contributed by atoms with Gasteiger partial charge in [-0.15, -0.1) is 0 Å². The van der Waals surface area contributed by atoms with Crippen LogP contribution in [0.5, 0.6) is 5.75 Å². The van der Waals surface area contributed by atoms with Crippen LogP contribution >= 0.6 is 11.8 Å². The number of hydrogen-bond donors (Lipinski definition) is 1. The average molecular weight is 374 g/mol. The van der Waals surface area contributed by atoms with Gasteiger partial charge in [0.1, 0.15) is 5.82 Å². The molecule has 1 N–H and O–H groups in total. The molecule has 132 valence electrons. The van der Waals surface area contributed by atoms with Crippen molar-refractivity contribution in [2.45, 2.75) is 6.54 Å². The second kappa shape index (κ2) is 6.96. The van der Waals surface area contributed by atoms with Crippen LogP contribution in [0.25, 0.3) is 6.08 Å². The van der Waals surface area contributed by atoms with E-state index in [2.05, 4.69) is 0 Å².